The third kappa shape index (κ3) is 1.72. The van der Waals surface area contributed by atoms with Crippen molar-refractivity contribution in [1.82, 2.24) is 5.32 Å². The number of benzene rings is 1. The zero-order valence-corrected chi connectivity index (χ0v) is 7.49. The number of hydrogen-bond acceptors (Lipinski definition) is 1. The molecule has 1 aliphatic rings. The van der Waals surface area contributed by atoms with Gasteiger partial charge in [-0.3, -0.25) is 4.79 Å². The number of carbonyl (C=O) groups excluding carboxylic acids is 1. The first kappa shape index (κ1) is 8.30. The molecule has 0 saturated heterocycles. The van der Waals surface area contributed by atoms with Crippen molar-refractivity contribution in [2.75, 3.05) is 6.54 Å². The average molecular weight is 175 g/mol. The van der Waals surface area contributed by atoms with E-state index in [0.717, 1.165) is 25.8 Å². The number of carbonyl (C=O) groups is 1. The Morgan fingerprint density at radius 2 is 1.92 bits per heavy atom. The van der Waals surface area contributed by atoms with Crippen LogP contribution in [0.1, 0.15) is 11.1 Å². The predicted octanol–water partition coefficient (Wildman–Crippen LogP) is 1.15. The van der Waals surface area contributed by atoms with Crippen LogP contribution < -0.4 is 5.32 Å². The molecule has 1 amide bonds. The van der Waals surface area contributed by atoms with Crippen LogP contribution in [0.2, 0.25) is 0 Å². The van der Waals surface area contributed by atoms with E-state index in [9.17, 15) is 4.79 Å². The van der Waals surface area contributed by atoms with Gasteiger partial charge < -0.3 is 5.32 Å². The van der Waals surface area contributed by atoms with Crippen molar-refractivity contribution in [3.8, 4) is 0 Å². The van der Waals surface area contributed by atoms with Gasteiger partial charge in [-0.15, -0.1) is 0 Å². The largest absolute Gasteiger partial charge is 0.358 e. The molecule has 2 heteroatoms. The third-order valence-electron chi connectivity index (χ3n) is 2.63. The molecule has 0 bridgehead atoms. The molecule has 2 rings (SSSR count). The third-order valence-corrected chi connectivity index (χ3v) is 2.63. The minimum atomic E-state index is 0.600. The topological polar surface area (TPSA) is 29.1 Å². The van der Waals surface area contributed by atoms with Crippen LogP contribution in [0, 0.1) is 5.92 Å². The van der Waals surface area contributed by atoms with Gasteiger partial charge in [0.05, 0.1) is 0 Å². The number of fused-ring (bicyclic) bond motifs is 1. The van der Waals surface area contributed by atoms with Gasteiger partial charge in [0.15, 0.2) is 0 Å². The molecule has 1 aromatic rings. The van der Waals surface area contributed by atoms with E-state index in [0.29, 0.717) is 5.92 Å². The van der Waals surface area contributed by atoms with Gasteiger partial charge in [0.25, 0.3) is 0 Å². The van der Waals surface area contributed by atoms with E-state index in [4.69, 9.17) is 0 Å². The lowest BCUT2D eigenvalue weighted by Crippen LogP contribution is -2.21. The summed E-state index contributed by atoms with van der Waals surface area (Å²) in [4.78, 5) is 10.1. The number of rotatable bonds is 3. The first-order valence-corrected chi connectivity index (χ1v) is 4.64. The van der Waals surface area contributed by atoms with Gasteiger partial charge in [-0.1, -0.05) is 24.3 Å². The summed E-state index contributed by atoms with van der Waals surface area (Å²) in [5.41, 5.74) is 2.89. The van der Waals surface area contributed by atoms with E-state index in [1.807, 2.05) is 0 Å². The molecule has 0 aromatic heterocycles. The molecule has 1 N–H and O–H groups in total. The number of hydrogen-bond donors (Lipinski definition) is 1. The fraction of sp³-hybridized carbons (Fsp3) is 0.364. The van der Waals surface area contributed by atoms with Gasteiger partial charge in [-0.05, 0) is 29.9 Å². The van der Waals surface area contributed by atoms with Crippen LogP contribution in [0.15, 0.2) is 24.3 Å². The number of amides is 1. The van der Waals surface area contributed by atoms with Gasteiger partial charge in [0, 0.05) is 6.54 Å². The molecule has 0 fully saturated rings. The maximum absolute atomic E-state index is 10.1. The Morgan fingerprint density at radius 3 is 2.46 bits per heavy atom. The van der Waals surface area contributed by atoms with Crippen molar-refractivity contribution in [3.05, 3.63) is 35.4 Å². The zero-order valence-electron chi connectivity index (χ0n) is 7.49. The predicted molar refractivity (Wildman–Crippen MR) is 51.4 cm³/mol. The van der Waals surface area contributed by atoms with Crippen molar-refractivity contribution in [2.24, 2.45) is 5.92 Å². The molecule has 1 aliphatic carbocycles. The zero-order chi connectivity index (χ0) is 9.10. The highest BCUT2D eigenvalue weighted by Gasteiger charge is 2.19. The average Bonchev–Trinajstić information content (AvgIpc) is 2.57. The second-order valence-corrected chi connectivity index (χ2v) is 3.57. The highest BCUT2D eigenvalue weighted by molar-refractivity contribution is 5.46. The summed E-state index contributed by atoms with van der Waals surface area (Å²) >= 11 is 0. The number of nitrogens with one attached hydrogen (secondary N) is 1. The summed E-state index contributed by atoms with van der Waals surface area (Å²) in [6, 6.07) is 8.51. The lowest BCUT2D eigenvalue weighted by Gasteiger charge is -2.05. The van der Waals surface area contributed by atoms with Crippen LogP contribution in [0.3, 0.4) is 0 Å². The van der Waals surface area contributed by atoms with Gasteiger partial charge >= 0.3 is 0 Å². The fourth-order valence-corrected chi connectivity index (χ4v) is 2.01. The molecule has 0 radical (unpaired) electrons. The molecule has 0 heterocycles. The van der Waals surface area contributed by atoms with E-state index in [2.05, 4.69) is 29.6 Å². The minimum absolute atomic E-state index is 0.600. The van der Waals surface area contributed by atoms with Crippen molar-refractivity contribution >= 4 is 6.41 Å². The highest BCUT2D eigenvalue weighted by Crippen LogP contribution is 2.25. The van der Waals surface area contributed by atoms with E-state index in [1.165, 1.54) is 11.1 Å². The quantitative estimate of drug-likeness (QED) is 0.686. The Hall–Kier alpha value is -1.31. The van der Waals surface area contributed by atoms with Gasteiger partial charge in [0.1, 0.15) is 0 Å². The summed E-state index contributed by atoms with van der Waals surface area (Å²) < 4.78 is 0. The molecule has 68 valence electrons. The summed E-state index contributed by atoms with van der Waals surface area (Å²) in [6.45, 7) is 0.804. The van der Waals surface area contributed by atoms with Gasteiger partial charge in [0.2, 0.25) is 6.41 Å². The normalized spacial score (nSPS) is 15.4. The van der Waals surface area contributed by atoms with E-state index in [-0.39, 0.29) is 0 Å². The Morgan fingerprint density at radius 1 is 1.31 bits per heavy atom. The Balaban J connectivity index is 2.01. The van der Waals surface area contributed by atoms with Crippen LogP contribution in [-0.2, 0) is 17.6 Å². The summed E-state index contributed by atoms with van der Waals surface area (Å²) in [5.74, 6) is 0.600. The van der Waals surface area contributed by atoms with Crippen molar-refractivity contribution in [2.45, 2.75) is 12.8 Å². The second-order valence-electron chi connectivity index (χ2n) is 3.57. The van der Waals surface area contributed by atoms with Crippen LogP contribution in [0.25, 0.3) is 0 Å². The molecule has 0 atom stereocenters. The van der Waals surface area contributed by atoms with Crippen LogP contribution in [0.4, 0.5) is 0 Å². The molecule has 0 aliphatic heterocycles. The van der Waals surface area contributed by atoms with E-state index < -0.39 is 0 Å². The lowest BCUT2D eigenvalue weighted by atomic mass is 10.1. The molecule has 0 saturated carbocycles. The molecule has 0 spiro atoms. The molecular weight excluding hydrogens is 162 g/mol. The maximum Gasteiger partial charge on any atom is 0.207 e. The minimum Gasteiger partial charge on any atom is -0.358 e. The lowest BCUT2D eigenvalue weighted by molar-refractivity contribution is -0.109. The van der Waals surface area contributed by atoms with E-state index >= 15 is 0 Å². The molecule has 13 heavy (non-hydrogen) atoms. The summed E-state index contributed by atoms with van der Waals surface area (Å²) in [6.07, 6.45) is 3.00. The Bertz CT molecular complexity index is 284. The smallest absolute Gasteiger partial charge is 0.207 e. The molecule has 0 unspecified atom stereocenters. The Labute approximate surface area is 78.0 Å². The fourth-order valence-electron chi connectivity index (χ4n) is 2.01. The summed E-state index contributed by atoms with van der Waals surface area (Å²) in [5, 5.41) is 2.74. The highest BCUT2D eigenvalue weighted by atomic mass is 16.1. The van der Waals surface area contributed by atoms with Crippen molar-refractivity contribution in [3.63, 3.8) is 0 Å². The van der Waals surface area contributed by atoms with Crippen LogP contribution in [0.5, 0.6) is 0 Å². The van der Waals surface area contributed by atoms with Crippen LogP contribution in [-0.4, -0.2) is 13.0 Å². The first-order valence-electron chi connectivity index (χ1n) is 4.64. The maximum atomic E-state index is 10.1. The molecule has 2 nitrogen and oxygen atoms in total. The molecular formula is C11H13NO. The van der Waals surface area contributed by atoms with E-state index in [1.54, 1.807) is 0 Å². The van der Waals surface area contributed by atoms with Crippen molar-refractivity contribution < 1.29 is 4.79 Å². The monoisotopic (exact) mass is 175 g/mol. The summed E-state index contributed by atoms with van der Waals surface area (Å²) in [7, 11) is 0. The standard InChI is InChI=1S/C11H13NO/c13-8-12-7-9-5-10-3-1-2-4-11(10)6-9/h1-4,8-9H,5-7H2,(H,12,13). The van der Waals surface area contributed by atoms with Gasteiger partial charge in [-0.2, -0.15) is 0 Å². The molecule has 1 aromatic carbocycles. The van der Waals surface area contributed by atoms with Crippen LogP contribution >= 0.6 is 0 Å². The van der Waals surface area contributed by atoms with Gasteiger partial charge in [-0.25, -0.2) is 0 Å². The SMILES string of the molecule is O=CNCC1Cc2ccccc2C1. The van der Waals surface area contributed by atoms with Crippen molar-refractivity contribution in [1.29, 1.82) is 0 Å². The first-order chi connectivity index (χ1) is 6.40. The second kappa shape index (κ2) is 3.60. The Kier molecular flexibility index (Phi) is 2.30.